The fraction of sp³-hybridized carbons (Fsp3) is 0.571. The first-order valence-corrected chi connectivity index (χ1v) is 9.44. The van der Waals surface area contributed by atoms with E-state index in [9.17, 15) is 8.42 Å². The summed E-state index contributed by atoms with van der Waals surface area (Å²) in [6, 6.07) is 5.92. The molecule has 21 heavy (non-hydrogen) atoms. The maximum Gasteiger partial charge on any atom is 0.213 e. The zero-order valence-corrected chi connectivity index (χ0v) is 14.3. The Bertz CT molecular complexity index is 585. The minimum Gasteiger partial charge on any atom is -0.310 e. The molecular formula is C14H20Cl2N2O2S. The molecule has 1 saturated heterocycles. The van der Waals surface area contributed by atoms with Crippen molar-refractivity contribution in [2.75, 3.05) is 18.8 Å². The van der Waals surface area contributed by atoms with Crippen LogP contribution in [0.15, 0.2) is 18.2 Å². The summed E-state index contributed by atoms with van der Waals surface area (Å²) in [5.74, 6) is 0.175. The number of nitrogens with zero attached hydrogens (tertiary/aromatic N) is 1. The Morgan fingerprint density at radius 1 is 1.24 bits per heavy atom. The number of nitrogens with one attached hydrogen (secondary N) is 1. The highest BCUT2D eigenvalue weighted by Gasteiger charge is 2.26. The van der Waals surface area contributed by atoms with Gasteiger partial charge in [0.1, 0.15) is 0 Å². The maximum absolute atomic E-state index is 11.8. The number of rotatable bonds is 5. The molecular weight excluding hydrogens is 331 g/mol. The molecule has 0 saturated carbocycles. The molecule has 1 aromatic rings. The lowest BCUT2D eigenvalue weighted by Crippen LogP contribution is -2.45. The third-order valence-electron chi connectivity index (χ3n) is 3.79. The maximum atomic E-state index is 11.8. The van der Waals surface area contributed by atoms with E-state index in [1.807, 2.05) is 12.1 Å². The lowest BCUT2D eigenvalue weighted by Gasteiger charge is -2.31. The summed E-state index contributed by atoms with van der Waals surface area (Å²) in [7, 11) is -3.05. The molecule has 4 nitrogen and oxygen atoms in total. The van der Waals surface area contributed by atoms with Crippen LogP contribution < -0.4 is 5.32 Å². The molecule has 1 aliphatic heterocycles. The first-order valence-electron chi connectivity index (χ1n) is 7.07. The van der Waals surface area contributed by atoms with E-state index < -0.39 is 10.0 Å². The van der Waals surface area contributed by atoms with E-state index in [-0.39, 0.29) is 5.75 Å². The molecule has 1 fully saturated rings. The van der Waals surface area contributed by atoms with E-state index in [1.54, 1.807) is 17.3 Å². The van der Waals surface area contributed by atoms with Gasteiger partial charge in [-0.15, -0.1) is 0 Å². The van der Waals surface area contributed by atoms with Crippen LogP contribution in [-0.4, -0.2) is 37.6 Å². The SMILES string of the molecule is CCS(=O)(=O)N1CCC(NCc2ccc(Cl)c(Cl)c2)CC1. The molecule has 0 aromatic heterocycles. The number of sulfonamides is 1. The highest BCUT2D eigenvalue weighted by Crippen LogP contribution is 2.23. The van der Waals surface area contributed by atoms with Gasteiger partial charge in [0.25, 0.3) is 0 Å². The number of hydrogen-bond acceptors (Lipinski definition) is 3. The summed E-state index contributed by atoms with van der Waals surface area (Å²) >= 11 is 11.9. The minimum absolute atomic E-state index is 0.175. The van der Waals surface area contributed by atoms with Crippen LogP contribution in [0.25, 0.3) is 0 Å². The molecule has 118 valence electrons. The van der Waals surface area contributed by atoms with Crippen LogP contribution in [0.2, 0.25) is 10.0 Å². The van der Waals surface area contributed by atoms with E-state index in [1.165, 1.54) is 0 Å². The van der Waals surface area contributed by atoms with Gasteiger partial charge in [0.05, 0.1) is 15.8 Å². The van der Waals surface area contributed by atoms with Gasteiger partial charge in [0, 0.05) is 25.7 Å². The van der Waals surface area contributed by atoms with E-state index in [2.05, 4.69) is 5.32 Å². The number of halogens is 2. The van der Waals surface area contributed by atoms with Crippen molar-refractivity contribution in [2.45, 2.75) is 32.4 Å². The van der Waals surface area contributed by atoms with Crippen molar-refractivity contribution in [1.29, 1.82) is 0 Å². The average Bonchev–Trinajstić information content (AvgIpc) is 2.49. The molecule has 0 unspecified atom stereocenters. The Kier molecular flexibility index (Phi) is 5.91. The van der Waals surface area contributed by atoms with Gasteiger partial charge in [-0.25, -0.2) is 12.7 Å². The van der Waals surface area contributed by atoms with Crippen LogP contribution >= 0.6 is 23.2 Å². The highest BCUT2D eigenvalue weighted by molar-refractivity contribution is 7.89. The average molecular weight is 351 g/mol. The highest BCUT2D eigenvalue weighted by atomic mass is 35.5. The summed E-state index contributed by atoms with van der Waals surface area (Å²) in [5.41, 5.74) is 1.08. The molecule has 0 atom stereocenters. The standard InChI is InChI=1S/C14H20Cl2N2O2S/c1-2-21(19,20)18-7-5-12(6-8-18)17-10-11-3-4-13(15)14(16)9-11/h3-4,9,12,17H,2,5-8,10H2,1H3. The Labute approximate surface area is 136 Å². The fourth-order valence-electron chi connectivity index (χ4n) is 2.43. The van der Waals surface area contributed by atoms with Crippen molar-refractivity contribution in [3.05, 3.63) is 33.8 Å². The molecule has 1 heterocycles. The first kappa shape index (κ1) is 17.0. The van der Waals surface area contributed by atoms with Crippen molar-refractivity contribution < 1.29 is 8.42 Å². The summed E-state index contributed by atoms with van der Waals surface area (Å²) < 4.78 is 25.2. The van der Waals surface area contributed by atoms with Crippen LogP contribution in [0.5, 0.6) is 0 Å². The summed E-state index contributed by atoms with van der Waals surface area (Å²) in [4.78, 5) is 0. The Morgan fingerprint density at radius 3 is 2.48 bits per heavy atom. The van der Waals surface area contributed by atoms with Gasteiger partial charge in [0.15, 0.2) is 0 Å². The van der Waals surface area contributed by atoms with Crippen LogP contribution in [0, 0.1) is 0 Å². The molecule has 0 amide bonds. The molecule has 1 aliphatic rings. The lowest BCUT2D eigenvalue weighted by molar-refractivity contribution is 0.289. The van der Waals surface area contributed by atoms with Crippen LogP contribution in [0.3, 0.4) is 0 Å². The monoisotopic (exact) mass is 350 g/mol. The van der Waals surface area contributed by atoms with Crippen LogP contribution in [-0.2, 0) is 16.6 Å². The number of piperidine rings is 1. The first-order chi connectivity index (χ1) is 9.92. The second kappa shape index (κ2) is 7.29. The summed E-state index contributed by atoms with van der Waals surface area (Å²) in [6.07, 6.45) is 1.67. The zero-order valence-electron chi connectivity index (χ0n) is 12.0. The number of benzene rings is 1. The van der Waals surface area contributed by atoms with Gasteiger partial charge < -0.3 is 5.32 Å². The second-order valence-corrected chi connectivity index (χ2v) is 8.28. The minimum atomic E-state index is -3.05. The molecule has 0 bridgehead atoms. The molecule has 7 heteroatoms. The quantitative estimate of drug-likeness (QED) is 0.888. The van der Waals surface area contributed by atoms with Crippen LogP contribution in [0.4, 0.5) is 0 Å². The third kappa shape index (κ3) is 4.57. The van der Waals surface area contributed by atoms with Crippen molar-refractivity contribution in [3.8, 4) is 0 Å². The summed E-state index contributed by atoms with van der Waals surface area (Å²) in [5, 5.41) is 4.56. The molecule has 0 radical (unpaired) electrons. The van der Waals surface area contributed by atoms with Crippen molar-refractivity contribution in [1.82, 2.24) is 9.62 Å². The van der Waals surface area contributed by atoms with E-state index in [0.717, 1.165) is 18.4 Å². The smallest absolute Gasteiger partial charge is 0.213 e. The Morgan fingerprint density at radius 2 is 1.90 bits per heavy atom. The number of hydrogen-bond donors (Lipinski definition) is 1. The van der Waals surface area contributed by atoms with Gasteiger partial charge in [-0.05, 0) is 37.5 Å². The van der Waals surface area contributed by atoms with Crippen molar-refractivity contribution in [2.24, 2.45) is 0 Å². The van der Waals surface area contributed by atoms with Crippen molar-refractivity contribution in [3.63, 3.8) is 0 Å². The third-order valence-corrected chi connectivity index (χ3v) is 6.41. The second-order valence-electron chi connectivity index (χ2n) is 5.20. The Balaban J connectivity index is 1.82. The predicted molar refractivity (Wildman–Crippen MR) is 87.4 cm³/mol. The largest absolute Gasteiger partial charge is 0.310 e. The predicted octanol–water partition coefficient (Wildman–Crippen LogP) is 2.90. The molecule has 2 rings (SSSR count). The molecule has 1 N–H and O–H groups in total. The topological polar surface area (TPSA) is 49.4 Å². The summed E-state index contributed by atoms with van der Waals surface area (Å²) in [6.45, 7) is 3.58. The van der Waals surface area contributed by atoms with Gasteiger partial charge in [0.2, 0.25) is 10.0 Å². The normalized spacial score (nSPS) is 18.0. The zero-order chi connectivity index (χ0) is 15.5. The van der Waals surface area contributed by atoms with Crippen molar-refractivity contribution >= 4 is 33.2 Å². The lowest BCUT2D eigenvalue weighted by atomic mass is 10.1. The fourth-order valence-corrected chi connectivity index (χ4v) is 3.89. The van der Waals surface area contributed by atoms with Gasteiger partial charge in [-0.1, -0.05) is 29.3 Å². The molecule has 1 aromatic carbocycles. The molecule has 0 aliphatic carbocycles. The Hall–Kier alpha value is -0.330. The van der Waals surface area contributed by atoms with E-state index in [0.29, 0.717) is 35.7 Å². The van der Waals surface area contributed by atoms with E-state index >= 15 is 0 Å². The van der Waals surface area contributed by atoms with Gasteiger partial charge >= 0.3 is 0 Å². The van der Waals surface area contributed by atoms with Gasteiger partial charge in [-0.3, -0.25) is 0 Å². The van der Waals surface area contributed by atoms with E-state index in [4.69, 9.17) is 23.2 Å². The molecule has 0 spiro atoms. The van der Waals surface area contributed by atoms with Crippen LogP contribution in [0.1, 0.15) is 25.3 Å². The van der Waals surface area contributed by atoms with Gasteiger partial charge in [-0.2, -0.15) is 0 Å².